The number of carbonyl (C=O) groups excluding carboxylic acids is 2. The van der Waals surface area contributed by atoms with Gasteiger partial charge >= 0.3 is 6.03 Å². The summed E-state index contributed by atoms with van der Waals surface area (Å²) >= 11 is 0. The molecule has 0 bridgehead atoms. The molecule has 60 valence electrons. The lowest BCUT2D eigenvalue weighted by Gasteiger charge is -2.30. The molecule has 2 heterocycles. The average Bonchev–Trinajstić information content (AvgIpc) is 2.07. The lowest BCUT2D eigenvalue weighted by atomic mass is 9.94. The quantitative estimate of drug-likeness (QED) is 0.400. The minimum atomic E-state index is -0.369. The molecule has 0 saturated carbocycles. The minimum absolute atomic E-state index is 0.193. The summed E-state index contributed by atoms with van der Waals surface area (Å²) in [6.07, 6.45) is 0. The van der Waals surface area contributed by atoms with Crippen molar-refractivity contribution in [2.45, 2.75) is 6.04 Å². The van der Waals surface area contributed by atoms with Crippen LogP contribution in [0.4, 0.5) is 4.79 Å². The van der Waals surface area contributed by atoms with Crippen LogP contribution in [-0.4, -0.2) is 31.1 Å². The second-order valence-corrected chi connectivity index (χ2v) is 2.86. The van der Waals surface area contributed by atoms with Gasteiger partial charge in [0.2, 0.25) is 0 Å². The maximum atomic E-state index is 11.0. The van der Waals surface area contributed by atoms with Gasteiger partial charge in [-0.3, -0.25) is 10.1 Å². The smallest absolute Gasteiger partial charge is 0.322 e. The summed E-state index contributed by atoms with van der Waals surface area (Å²) in [4.78, 5) is 21.6. The molecule has 5 heteroatoms. The van der Waals surface area contributed by atoms with Gasteiger partial charge in [-0.1, -0.05) is 0 Å². The van der Waals surface area contributed by atoms with Crippen LogP contribution < -0.4 is 16.0 Å². The van der Waals surface area contributed by atoms with E-state index in [0.717, 1.165) is 13.1 Å². The molecule has 0 aromatic heterocycles. The van der Waals surface area contributed by atoms with Gasteiger partial charge in [-0.15, -0.1) is 0 Å². The van der Waals surface area contributed by atoms with Crippen LogP contribution in [0.3, 0.4) is 0 Å². The Morgan fingerprint density at radius 1 is 1.27 bits per heavy atom. The molecule has 2 aliphatic rings. The normalized spacial score (nSPS) is 31.1. The molecule has 0 aliphatic carbocycles. The topological polar surface area (TPSA) is 70.2 Å². The summed E-state index contributed by atoms with van der Waals surface area (Å²) < 4.78 is 0. The van der Waals surface area contributed by atoms with E-state index in [-0.39, 0.29) is 23.9 Å². The molecule has 5 nitrogen and oxygen atoms in total. The van der Waals surface area contributed by atoms with Gasteiger partial charge in [-0.05, 0) is 0 Å². The molecule has 2 saturated heterocycles. The fourth-order valence-corrected chi connectivity index (χ4v) is 1.31. The fourth-order valence-electron chi connectivity index (χ4n) is 1.31. The molecule has 0 radical (unpaired) electrons. The molecule has 1 atom stereocenters. The van der Waals surface area contributed by atoms with E-state index in [1.54, 1.807) is 0 Å². The Bertz CT molecular complexity index is 212. The summed E-state index contributed by atoms with van der Waals surface area (Å²) in [5.74, 6) is 0.0861. The highest BCUT2D eigenvalue weighted by Crippen LogP contribution is 2.11. The number of carbonyl (C=O) groups is 2. The molecule has 2 aliphatic heterocycles. The van der Waals surface area contributed by atoms with E-state index in [1.807, 2.05) is 0 Å². The van der Waals surface area contributed by atoms with Crippen molar-refractivity contribution in [3.8, 4) is 0 Å². The number of imide groups is 1. The van der Waals surface area contributed by atoms with Crippen molar-refractivity contribution in [2.24, 2.45) is 5.92 Å². The molecule has 2 fully saturated rings. The zero-order valence-corrected chi connectivity index (χ0v) is 5.89. The maximum absolute atomic E-state index is 11.0. The molecule has 3 amide bonds. The summed E-state index contributed by atoms with van der Waals surface area (Å²) in [5.41, 5.74) is 0. The molecule has 0 aromatic rings. The maximum Gasteiger partial charge on any atom is 0.322 e. The largest absolute Gasteiger partial charge is 0.326 e. The Labute approximate surface area is 63.5 Å². The molecule has 2 rings (SSSR count). The van der Waals surface area contributed by atoms with E-state index < -0.39 is 0 Å². The van der Waals surface area contributed by atoms with Gasteiger partial charge in [0.15, 0.2) is 0 Å². The van der Waals surface area contributed by atoms with E-state index in [2.05, 4.69) is 16.0 Å². The Hall–Kier alpha value is -1.10. The van der Waals surface area contributed by atoms with Gasteiger partial charge in [-0.2, -0.15) is 0 Å². The highest BCUT2D eigenvalue weighted by atomic mass is 16.2. The first-order valence-corrected chi connectivity index (χ1v) is 3.59. The second kappa shape index (κ2) is 2.20. The zero-order valence-electron chi connectivity index (χ0n) is 5.89. The number of nitrogens with one attached hydrogen (secondary N) is 3. The predicted molar refractivity (Wildman–Crippen MR) is 36.8 cm³/mol. The van der Waals surface area contributed by atoms with Crippen LogP contribution in [0.5, 0.6) is 0 Å². The zero-order chi connectivity index (χ0) is 7.84. The Kier molecular flexibility index (Phi) is 1.32. The van der Waals surface area contributed by atoms with Crippen molar-refractivity contribution in [1.82, 2.24) is 16.0 Å². The molecule has 1 unspecified atom stereocenters. The number of rotatable bonds is 1. The number of amides is 3. The number of hydrogen-bond donors (Lipinski definition) is 3. The third-order valence-corrected chi connectivity index (χ3v) is 2.09. The lowest BCUT2D eigenvalue weighted by Crippen LogP contribution is -2.54. The fraction of sp³-hybridized carbons (Fsp3) is 0.667. The summed E-state index contributed by atoms with van der Waals surface area (Å²) in [6, 6.07) is -0.671. The van der Waals surface area contributed by atoms with Gasteiger partial charge in [0.1, 0.15) is 6.04 Å². The van der Waals surface area contributed by atoms with Crippen molar-refractivity contribution in [2.75, 3.05) is 13.1 Å². The van der Waals surface area contributed by atoms with Crippen LogP contribution in [-0.2, 0) is 4.79 Å². The van der Waals surface area contributed by atoms with E-state index in [0.29, 0.717) is 0 Å². The van der Waals surface area contributed by atoms with Crippen molar-refractivity contribution in [3.63, 3.8) is 0 Å². The van der Waals surface area contributed by atoms with Crippen LogP contribution in [0.2, 0.25) is 0 Å². The second-order valence-electron chi connectivity index (χ2n) is 2.86. The van der Waals surface area contributed by atoms with Crippen molar-refractivity contribution in [3.05, 3.63) is 0 Å². The first-order chi connectivity index (χ1) is 5.27. The van der Waals surface area contributed by atoms with E-state index >= 15 is 0 Å². The van der Waals surface area contributed by atoms with Gasteiger partial charge in [0.25, 0.3) is 5.91 Å². The average molecular weight is 155 g/mol. The summed E-state index contributed by atoms with van der Waals surface area (Å²) in [5, 5.41) is 7.81. The van der Waals surface area contributed by atoms with Gasteiger partial charge in [-0.25, -0.2) is 4.79 Å². The van der Waals surface area contributed by atoms with E-state index in [1.165, 1.54) is 0 Å². The Morgan fingerprint density at radius 3 is 2.36 bits per heavy atom. The van der Waals surface area contributed by atoms with E-state index in [4.69, 9.17) is 0 Å². The molecular formula is C6H9N3O2. The first-order valence-electron chi connectivity index (χ1n) is 3.59. The molecule has 11 heavy (non-hydrogen) atoms. The number of hydrogen-bond acceptors (Lipinski definition) is 3. The van der Waals surface area contributed by atoms with Crippen molar-refractivity contribution < 1.29 is 9.59 Å². The highest BCUT2D eigenvalue weighted by Gasteiger charge is 2.38. The van der Waals surface area contributed by atoms with Gasteiger partial charge in [0, 0.05) is 19.0 Å². The third kappa shape index (κ3) is 0.970. The van der Waals surface area contributed by atoms with Crippen molar-refractivity contribution in [1.29, 1.82) is 0 Å². The lowest BCUT2D eigenvalue weighted by molar-refractivity contribution is -0.121. The predicted octanol–water partition coefficient (Wildman–Crippen LogP) is -1.59. The SMILES string of the molecule is O=C1NC(=O)C(C2CNC2)N1. The third-order valence-electron chi connectivity index (χ3n) is 2.09. The summed E-state index contributed by atoms with van der Waals surface area (Å²) in [7, 11) is 0. The standard InChI is InChI=1S/C6H9N3O2/c10-5-4(3-1-7-2-3)8-6(11)9-5/h3-4,7H,1-2H2,(H2,8,9,10,11). The summed E-state index contributed by atoms with van der Waals surface area (Å²) in [6.45, 7) is 1.64. The number of urea groups is 1. The molecular weight excluding hydrogens is 146 g/mol. The molecule has 0 aromatic carbocycles. The minimum Gasteiger partial charge on any atom is -0.326 e. The van der Waals surface area contributed by atoms with Crippen LogP contribution in [0, 0.1) is 5.92 Å². The van der Waals surface area contributed by atoms with Crippen LogP contribution in [0.15, 0.2) is 0 Å². The molecule has 3 N–H and O–H groups in total. The highest BCUT2D eigenvalue weighted by molar-refractivity contribution is 6.04. The van der Waals surface area contributed by atoms with Crippen LogP contribution in [0.25, 0.3) is 0 Å². The van der Waals surface area contributed by atoms with Gasteiger partial charge < -0.3 is 10.6 Å². The van der Waals surface area contributed by atoms with Crippen LogP contribution >= 0.6 is 0 Å². The van der Waals surface area contributed by atoms with Crippen LogP contribution in [0.1, 0.15) is 0 Å². The monoisotopic (exact) mass is 155 g/mol. The van der Waals surface area contributed by atoms with Gasteiger partial charge in [0.05, 0.1) is 0 Å². The van der Waals surface area contributed by atoms with Crippen molar-refractivity contribution >= 4 is 11.9 Å². The van der Waals surface area contributed by atoms with E-state index in [9.17, 15) is 9.59 Å². The Morgan fingerprint density at radius 2 is 2.00 bits per heavy atom. The Balaban J connectivity index is 2.02. The molecule has 0 spiro atoms. The first kappa shape index (κ1) is 6.60.